The molecule has 0 bridgehead atoms. The van der Waals surface area contributed by atoms with Crippen LogP contribution in [-0.4, -0.2) is 29.9 Å². The van der Waals surface area contributed by atoms with Gasteiger partial charge in [0, 0.05) is 119 Å². The maximum atomic E-state index is 6.56. The molecule has 18 aromatic carbocycles. The average Bonchev–Trinajstić information content (AvgIpc) is 1.56. The summed E-state index contributed by atoms with van der Waals surface area (Å²) in [6.45, 7) is 13.9. The predicted molar refractivity (Wildman–Crippen MR) is 571 cm³/mol. The lowest BCUT2D eigenvalue weighted by atomic mass is 9.82. The Morgan fingerprint density at radius 2 is 0.471 bits per heavy atom. The summed E-state index contributed by atoms with van der Waals surface area (Å²) >= 11 is 1.92. The van der Waals surface area contributed by atoms with E-state index in [4.69, 9.17) is 38.7 Å². The lowest BCUT2D eigenvalue weighted by Crippen LogP contribution is -2.14. The van der Waals surface area contributed by atoms with E-state index in [1.165, 1.54) is 115 Å². The van der Waals surface area contributed by atoms with Gasteiger partial charge in [0.1, 0.15) is 22.3 Å². The first kappa shape index (κ1) is 82.9. The highest BCUT2D eigenvalue weighted by molar-refractivity contribution is 7.26. The molecule has 0 unspecified atom stereocenters. The fourth-order valence-corrected chi connectivity index (χ4v) is 22.6. The van der Waals surface area contributed by atoms with E-state index in [2.05, 4.69) is 412 Å². The van der Waals surface area contributed by atoms with Crippen molar-refractivity contribution in [1.82, 2.24) is 29.9 Å². The molecule has 3 aliphatic carbocycles. The lowest BCUT2D eigenvalue weighted by molar-refractivity contribution is 0.653. The first-order valence-corrected chi connectivity index (χ1v) is 48.1. The standard InChI is InChI=1S/C44H31NS.C43H30N2O.C42H29N3O/c1-44(2)37-23-21-32(25-36(37)42-38(44)24-22-35-34-15-9-10-16-41(34)46-43(35)42)33-26-39(30-13-7-4-8-14-30)45-40(27-33)31-19-17-29(18-20-31)28-11-5-3-6-12-28;1-43(2)35-23-21-31(25-34(35)40-36(43)24-22-33-32-15-9-10-16-39(32)46-41(33)40)42-44-37(29-13-7-4-8-14-29)26-38(45-42)30-19-17-28(18-20-30)27-11-5-3-6-12-27;1-42(2)34-23-21-30(25-33(34)37-35(42)24-22-32-31-15-9-10-16-36(31)46-38(32)37)41-44-39(28-13-7-4-8-14-28)43-40(45-41)29-19-17-27(18-20-29)26-11-5-3-6-12-26/h3-27H,1-2H3;3-26H,1-2H3;3-25H,1-2H3. The fourth-order valence-electron chi connectivity index (χ4n) is 21.3. The van der Waals surface area contributed by atoms with Gasteiger partial charge in [-0.3, -0.25) is 0 Å². The maximum absolute atomic E-state index is 6.56. The molecule has 9 heteroatoms. The van der Waals surface area contributed by atoms with Gasteiger partial charge >= 0.3 is 0 Å². The normalized spacial score (nSPS) is 13.2. The van der Waals surface area contributed by atoms with Gasteiger partial charge < -0.3 is 8.83 Å². The van der Waals surface area contributed by atoms with E-state index in [0.717, 1.165) is 128 Å². The predicted octanol–water partition coefficient (Wildman–Crippen LogP) is 34.5. The molecule has 6 heterocycles. The van der Waals surface area contributed by atoms with Crippen LogP contribution in [-0.2, 0) is 16.2 Å². The highest BCUT2D eigenvalue weighted by atomic mass is 32.1. The maximum Gasteiger partial charge on any atom is 0.164 e. The lowest BCUT2D eigenvalue weighted by Gasteiger charge is -2.21. The third kappa shape index (κ3) is 14.3. The van der Waals surface area contributed by atoms with E-state index < -0.39 is 0 Å². The summed E-state index contributed by atoms with van der Waals surface area (Å²) in [5.74, 6) is 2.63. The monoisotopic (exact) mass is 1790 g/mol. The van der Waals surface area contributed by atoms with E-state index in [1.807, 2.05) is 78.1 Å². The molecule has 3 aliphatic rings. The zero-order valence-corrected chi connectivity index (χ0v) is 77.8. The number of rotatable bonds is 12. The summed E-state index contributed by atoms with van der Waals surface area (Å²) in [7, 11) is 0. The number of pyridine rings is 1. The molecule has 0 saturated carbocycles. The zero-order valence-electron chi connectivity index (χ0n) is 77.0. The summed E-state index contributed by atoms with van der Waals surface area (Å²) in [6.07, 6.45) is 0. The molecule has 8 nitrogen and oxygen atoms in total. The summed E-state index contributed by atoms with van der Waals surface area (Å²) < 4.78 is 15.8. The molecule has 654 valence electrons. The van der Waals surface area contributed by atoms with Crippen LogP contribution in [0.25, 0.3) is 233 Å². The smallest absolute Gasteiger partial charge is 0.164 e. The van der Waals surface area contributed by atoms with Gasteiger partial charge in [-0.05, 0) is 149 Å². The first-order chi connectivity index (χ1) is 67.6. The number of thiophene rings is 1. The molecule has 0 aliphatic heterocycles. The molecule has 0 amide bonds. The summed E-state index contributed by atoms with van der Waals surface area (Å²) in [4.78, 5) is 30.6. The van der Waals surface area contributed by atoms with Crippen LogP contribution in [0.1, 0.15) is 74.9 Å². The van der Waals surface area contributed by atoms with Gasteiger partial charge in [-0.25, -0.2) is 29.9 Å². The van der Waals surface area contributed by atoms with Gasteiger partial charge in [-0.1, -0.05) is 424 Å². The third-order valence-corrected chi connectivity index (χ3v) is 29.8. The van der Waals surface area contributed by atoms with Crippen LogP contribution in [0.2, 0.25) is 0 Å². The quantitative estimate of drug-likeness (QED) is 0.119. The second-order valence-corrected chi connectivity index (χ2v) is 38.9. The average molecular weight is 1790 g/mol. The minimum absolute atomic E-state index is 0.0628. The Kier molecular flexibility index (Phi) is 20.0. The molecule has 6 aromatic heterocycles. The molecular formula is C129H90N6O2S. The van der Waals surface area contributed by atoms with Crippen molar-refractivity contribution in [2.45, 2.75) is 57.8 Å². The molecule has 24 aromatic rings. The number of hydrogen-bond acceptors (Lipinski definition) is 9. The Bertz CT molecular complexity index is 8090. The highest BCUT2D eigenvalue weighted by Gasteiger charge is 2.42. The molecule has 0 radical (unpaired) electrons. The van der Waals surface area contributed by atoms with Crippen molar-refractivity contribution in [3.63, 3.8) is 0 Å². The van der Waals surface area contributed by atoms with Crippen LogP contribution in [0.15, 0.2) is 446 Å². The van der Waals surface area contributed by atoms with Crippen LogP contribution < -0.4 is 0 Å². The molecular weight excluding hydrogens is 1700 g/mol. The number of para-hydroxylation sites is 2. The minimum Gasteiger partial charge on any atom is -0.455 e. The summed E-state index contributed by atoms with van der Waals surface area (Å²) in [6, 6.07) is 154. The van der Waals surface area contributed by atoms with Gasteiger partial charge in [-0.2, -0.15) is 0 Å². The number of aromatic nitrogens is 6. The van der Waals surface area contributed by atoms with E-state index in [1.54, 1.807) is 0 Å². The van der Waals surface area contributed by atoms with Gasteiger partial charge in [0.25, 0.3) is 0 Å². The van der Waals surface area contributed by atoms with Crippen molar-refractivity contribution in [3.8, 4) is 168 Å². The van der Waals surface area contributed by atoms with E-state index in [-0.39, 0.29) is 16.2 Å². The number of nitrogens with zero attached hydrogens (tertiary/aromatic N) is 6. The molecule has 138 heavy (non-hydrogen) atoms. The van der Waals surface area contributed by atoms with Crippen molar-refractivity contribution in [1.29, 1.82) is 0 Å². The Morgan fingerprint density at radius 3 is 0.906 bits per heavy atom. The van der Waals surface area contributed by atoms with Gasteiger partial charge in [0.15, 0.2) is 23.3 Å². The Hall–Kier alpha value is -17.0. The fraction of sp³-hybridized carbons (Fsp3) is 0.0698. The van der Waals surface area contributed by atoms with Crippen molar-refractivity contribution in [2.24, 2.45) is 0 Å². The zero-order chi connectivity index (χ0) is 92.5. The van der Waals surface area contributed by atoms with Gasteiger partial charge in [0.05, 0.1) is 22.8 Å². The third-order valence-electron chi connectivity index (χ3n) is 28.6. The van der Waals surface area contributed by atoms with E-state index in [0.29, 0.717) is 23.3 Å². The number of benzene rings is 18. The topological polar surface area (TPSA) is 104 Å². The number of furan rings is 2. The van der Waals surface area contributed by atoms with E-state index >= 15 is 0 Å². The molecule has 0 atom stereocenters. The molecule has 0 fully saturated rings. The van der Waals surface area contributed by atoms with Crippen LogP contribution in [0, 0.1) is 0 Å². The number of hydrogen-bond donors (Lipinski definition) is 0. The Morgan fingerprint density at radius 1 is 0.188 bits per heavy atom. The molecule has 0 spiro atoms. The minimum atomic E-state index is -0.170. The van der Waals surface area contributed by atoms with Gasteiger partial charge in [0.2, 0.25) is 0 Å². The highest BCUT2D eigenvalue weighted by Crippen LogP contribution is 2.58. The second kappa shape index (κ2) is 33.3. The van der Waals surface area contributed by atoms with Crippen LogP contribution in [0.3, 0.4) is 0 Å². The van der Waals surface area contributed by atoms with Crippen molar-refractivity contribution < 1.29 is 8.83 Å². The second-order valence-electron chi connectivity index (χ2n) is 37.9. The number of fused-ring (bicyclic) bond motifs is 21. The SMILES string of the molecule is CC1(C)c2ccc(-c3cc(-c4ccccc4)nc(-c4ccc(-c5ccccc5)cc4)c3)cc2-c2c1ccc1c2sc2ccccc21.CC1(C)c2ccc(-c3nc(-c4ccccc4)cc(-c4ccc(-c5ccccc5)cc4)n3)cc2-c2c1ccc1c2oc2ccccc21.CC1(C)c2ccc(-c3nc(-c4ccccc4)nc(-c4ccc(-c5ccccc5)cc4)n3)cc2-c2c1ccc1c2oc2ccccc21. The van der Waals surface area contributed by atoms with Crippen LogP contribution in [0.4, 0.5) is 0 Å². The van der Waals surface area contributed by atoms with Crippen LogP contribution in [0.5, 0.6) is 0 Å². The van der Waals surface area contributed by atoms with E-state index in [9.17, 15) is 0 Å². The molecule has 27 rings (SSSR count). The first-order valence-electron chi connectivity index (χ1n) is 47.2. The Balaban J connectivity index is 0.000000110. The molecule has 0 saturated heterocycles. The summed E-state index contributed by atoms with van der Waals surface area (Å²) in [5.41, 5.74) is 40.1. The summed E-state index contributed by atoms with van der Waals surface area (Å²) in [5, 5.41) is 7.26. The molecule has 0 N–H and O–H groups in total. The largest absolute Gasteiger partial charge is 0.455 e. The Labute approximate surface area is 804 Å². The van der Waals surface area contributed by atoms with Crippen molar-refractivity contribution in [2.75, 3.05) is 0 Å². The van der Waals surface area contributed by atoms with Crippen molar-refractivity contribution in [3.05, 3.63) is 470 Å². The van der Waals surface area contributed by atoms with Gasteiger partial charge in [-0.15, -0.1) is 11.3 Å². The van der Waals surface area contributed by atoms with Crippen molar-refractivity contribution >= 4 is 75.4 Å². The van der Waals surface area contributed by atoms with Crippen LogP contribution >= 0.6 is 11.3 Å².